The average Bonchev–Trinajstić information content (AvgIpc) is 2.88. The minimum Gasteiger partial charge on any atom is -0.353 e. The molecule has 1 aromatic rings. The van der Waals surface area contributed by atoms with Gasteiger partial charge in [-0.25, -0.2) is 0 Å². The average molecular weight is 264 g/mol. The van der Waals surface area contributed by atoms with Crippen LogP contribution in [0.2, 0.25) is 0 Å². The fraction of sp³-hybridized carbons (Fsp3) is 0.385. The van der Waals surface area contributed by atoms with Crippen LogP contribution in [0.5, 0.6) is 0 Å². The lowest BCUT2D eigenvalue weighted by Crippen LogP contribution is -2.56. The normalized spacial score (nSPS) is 20.2. The molecule has 0 aromatic carbocycles. The van der Waals surface area contributed by atoms with Crippen molar-refractivity contribution in [3.05, 3.63) is 28.5 Å². The van der Waals surface area contributed by atoms with Gasteiger partial charge < -0.3 is 10.2 Å². The monoisotopic (exact) mass is 264 g/mol. The van der Waals surface area contributed by atoms with E-state index in [0.29, 0.717) is 19.5 Å². The second-order valence-corrected chi connectivity index (χ2v) is 5.07. The molecule has 2 amide bonds. The Labute approximate surface area is 110 Å². The maximum atomic E-state index is 12.1. The summed E-state index contributed by atoms with van der Waals surface area (Å²) in [6.07, 6.45) is 3.99. The summed E-state index contributed by atoms with van der Waals surface area (Å²) in [5.41, 5.74) is 0. The fourth-order valence-electron chi connectivity index (χ4n) is 2.02. The van der Waals surface area contributed by atoms with Crippen molar-refractivity contribution >= 4 is 29.2 Å². The number of nitrogens with one attached hydrogen (secondary N) is 1. The molecule has 1 aliphatic rings. The number of piperazine rings is 1. The Morgan fingerprint density at radius 3 is 3.17 bits per heavy atom. The van der Waals surface area contributed by atoms with E-state index < -0.39 is 0 Å². The van der Waals surface area contributed by atoms with Crippen molar-refractivity contribution in [2.24, 2.45) is 0 Å². The Morgan fingerprint density at radius 2 is 2.50 bits per heavy atom. The maximum Gasteiger partial charge on any atom is 0.247 e. The summed E-state index contributed by atoms with van der Waals surface area (Å²) in [6, 6.07) is 3.56. The predicted molar refractivity (Wildman–Crippen MR) is 72.2 cm³/mol. The SMILES string of the molecule is CCC1C(=O)NCCN1C(=O)/C=C/c1cccs1. The molecule has 1 aliphatic heterocycles. The van der Waals surface area contributed by atoms with E-state index in [2.05, 4.69) is 5.32 Å². The zero-order chi connectivity index (χ0) is 13.0. The van der Waals surface area contributed by atoms with E-state index >= 15 is 0 Å². The van der Waals surface area contributed by atoms with Crippen molar-refractivity contribution in [1.82, 2.24) is 10.2 Å². The molecule has 5 heteroatoms. The lowest BCUT2D eigenvalue weighted by molar-refractivity contribution is -0.140. The van der Waals surface area contributed by atoms with Crippen LogP contribution in [0.1, 0.15) is 18.2 Å². The summed E-state index contributed by atoms with van der Waals surface area (Å²) in [5.74, 6) is -0.147. The van der Waals surface area contributed by atoms with E-state index in [1.54, 1.807) is 28.4 Å². The second kappa shape index (κ2) is 5.82. The molecule has 4 nitrogen and oxygen atoms in total. The minimum atomic E-state index is -0.334. The summed E-state index contributed by atoms with van der Waals surface area (Å²) in [6.45, 7) is 3.03. The van der Waals surface area contributed by atoms with Crippen molar-refractivity contribution < 1.29 is 9.59 Å². The second-order valence-electron chi connectivity index (χ2n) is 4.10. The van der Waals surface area contributed by atoms with E-state index in [0.717, 1.165) is 4.88 Å². The first-order chi connectivity index (χ1) is 8.72. The van der Waals surface area contributed by atoms with Crippen LogP contribution in [-0.2, 0) is 9.59 Å². The van der Waals surface area contributed by atoms with E-state index in [9.17, 15) is 9.59 Å². The van der Waals surface area contributed by atoms with Crippen molar-refractivity contribution in [2.45, 2.75) is 19.4 Å². The van der Waals surface area contributed by atoms with Gasteiger partial charge in [-0.3, -0.25) is 9.59 Å². The molecule has 1 fully saturated rings. The van der Waals surface area contributed by atoms with E-state index in [1.165, 1.54) is 0 Å². The van der Waals surface area contributed by atoms with Gasteiger partial charge in [-0.05, 0) is 23.9 Å². The molecule has 2 rings (SSSR count). The highest BCUT2D eigenvalue weighted by molar-refractivity contribution is 7.10. The molecular weight excluding hydrogens is 248 g/mol. The molecule has 1 saturated heterocycles. The van der Waals surface area contributed by atoms with Gasteiger partial charge in [0.2, 0.25) is 11.8 Å². The zero-order valence-corrected chi connectivity index (χ0v) is 11.1. The highest BCUT2D eigenvalue weighted by Gasteiger charge is 2.30. The van der Waals surface area contributed by atoms with Crippen LogP contribution in [0.25, 0.3) is 6.08 Å². The van der Waals surface area contributed by atoms with Gasteiger partial charge >= 0.3 is 0 Å². The fourth-order valence-corrected chi connectivity index (χ4v) is 2.64. The van der Waals surface area contributed by atoms with E-state index in [4.69, 9.17) is 0 Å². The Morgan fingerprint density at radius 1 is 1.67 bits per heavy atom. The predicted octanol–water partition coefficient (Wildman–Crippen LogP) is 1.50. The Bertz CT molecular complexity index is 454. The number of hydrogen-bond donors (Lipinski definition) is 1. The number of hydrogen-bond acceptors (Lipinski definition) is 3. The smallest absolute Gasteiger partial charge is 0.247 e. The lowest BCUT2D eigenvalue weighted by Gasteiger charge is -2.33. The number of nitrogens with zero attached hydrogens (tertiary/aromatic N) is 1. The molecule has 1 N–H and O–H groups in total. The first-order valence-corrected chi connectivity index (χ1v) is 6.90. The van der Waals surface area contributed by atoms with Gasteiger partial charge in [0, 0.05) is 24.0 Å². The molecule has 0 radical (unpaired) electrons. The molecule has 1 unspecified atom stereocenters. The lowest BCUT2D eigenvalue weighted by atomic mass is 10.1. The first kappa shape index (κ1) is 12.8. The van der Waals surface area contributed by atoms with Crippen LogP contribution in [-0.4, -0.2) is 35.8 Å². The van der Waals surface area contributed by atoms with Crippen LogP contribution in [0.15, 0.2) is 23.6 Å². The number of rotatable bonds is 3. The summed E-state index contributed by atoms with van der Waals surface area (Å²) >= 11 is 1.58. The van der Waals surface area contributed by atoms with Crippen molar-refractivity contribution in [3.8, 4) is 0 Å². The van der Waals surface area contributed by atoms with Gasteiger partial charge in [-0.2, -0.15) is 0 Å². The van der Waals surface area contributed by atoms with Crippen molar-refractivity contribution in [3.63, 3.8) is 0 Å². The topological polar surface area (TPSA) is 49.4 Å². The highest BCUT2D eigenvalue weighted by Crippen LogP contribution is 2.13. The molecule has 1 aromatic heterocycles. The quantitative estimate of drug-likeness (QED) is 0.841. The third-order valence-electron chi connectivity index (χ3n) is 2.93. The standard InChI is InChI=1S/C13H16N2O2S/c1-2-11-13(17)14-7-8-15(11)12(16)6-5-10-4-3-9-18-10/h3-6,9,11H,2,7-8H2,1H3,(H,14,17)/b6-5+. The Kier molecular flexibility index (Phi) is 4.15. The van der Waals surface area contributed by atoms with Gasteiger partial charge in [0.1, 0.15) is 6.04 Å². The molecular formula is C13H16N2O2S. The number of carbonyl (C=O) groups excluding carboxylic acids is 2. The number of thiophene rings is 1. The van der Waals surface area contributed by atoms with Crippen LogP contribution >= 0.6 is 11.3 Å². The van der Waals surface area contributed by atoms with Crippen LogP contribution in [0.4, 0.5) is 0 Å². The third kappa shape index (κ3) is 2.79. The first-order valence-electron chi connectivity index (χ1n) is 6.02. The molecule has 96 valence electrons. The largest absolute Gasteiger partial charge is 0.353 e. The molecule has 0 aliphatic carbocycles. The summed E-state index contributed by atoms with van der Waals surface area (Å²) in [7, 11) is 0. The molecule has 0 saturated carbocycles. The summed E-state index contributed by atoms with van der Waals surface area (Å²) < 4.78 is 0. The van der Waals surface area contributed by atoms with Gasteiger partial charge in [-0.1, -0.05) is 13.0 Å². The molecule has 0 bridgehead atoms. The summed E-state index contributed by atoms with van der Waals surface area (Å²) in [5, 5.41) is 4.75. The highest BCUT2D eigenvalue weighted by atomic mass is 32.1. The molecule has 18 heavy (non-hydrogen) atoms. The van der Waals surface area contributed by atoms with Gasteiger partial charge in [0.25, 0.3) is 0 Å². The Balaban J connectivity index is 2.05. The summed E-state index contributed by atoms with van der Waals surface area (Å²) in [4.78, 5) is 26.4. The zero-order valence-electron chi connectivity index (χ0n) is 10.3. The van der Waals surface area contributed by atoms with Gasteiger partial charge in [0.05, 0.1) is 0 Å². The van der Waals surface area contributed by atoms with Crippen molar-refractivity contribution in [1.29, 1.82) is 0 Å². The minimum absolute atomic E-state index is 0.0541. The number of carbonyl (C=O) groups is 2. The van der Waals surface area contributed by atoms with Crippen LogP contribution in [0, 0.1) is 0 Å². The van der Waals surface area contributed by atoms with E-state index in [-0.39, 0.29) is 17.9 Å². The molecule has 2 heterocycles. The molecule has 0 spiro atoms. The Hall–Kier alpha value is -1.62. The van der Waals surface area contributed by atoms with Crippen LogP contribution < -0.4 is 5.32 Å². The van der Waals surface area contributed by atoms with E-state index in [1.807, 2.05) is 24.4 Å². The van der Waals surface area contributed by atoms with Gasteiger partial charge in [-0.15, -0.1) is 11.3 Å². The molecule has 1 atom stereocenters. The van der Waals surface area contributed by atoms with Gasteiger partial charge in [0.15, 0.2) is 0 Å². The number of amides is 2. The van der Waals surface area contributed by atoms with Crippen LogP contribution in [0.3, 0.4) is 0 Å². The maximum absolute atomic E-state index is 12.1. The van der Waals surface area contributed by atoms with Crippen molar-refractivity contribution in [2.75, 3.05) is 13.1 Å². The third-order valence-corrected chi connectivity index (χ3v) is 3.77.